The molecule has 178 valence electrons. The molecule has 0 fully saturated rings. The fourth-order valence-electron chi connectivity index (χ4n) is 3.39. The van der Waals surface area contributed by atoms with Crippen molar-refractivity contribution in [2.75, 3.05) is 25.9 Å². The molecule has 3 aromatic rings. The molecule has 0 aliphatic carbocycles. The Labute approximate surface area is 196 Å². The SMILES string of the molecule is COC(=O)N1CC=C(c2nnc(-c3nc(-c4ccc(S(=O)(=O)C(C)C)cc4)cnc3N)o2)CC1. The summed E-state index contributed by atoms with van der Waals surface area (Å²) in [6, 6.07) is 6.41. The van der Waals surface area contributed by atoms with Crippen LogP contribution in [0.4, 0.5) is 10.6 Å². The van der Waals surface area contributed by atoms with Gasteiger partial charge in [0.15, 0.2) is 21.3 Å². The van der Waals surface area contributed by atoms with Crippen LogP contribution in [-0.2, 0) is 14.6 Å². The topological polar surface area (TPSA) is 154 Å². The molecule has 2 aromatic heterocycles. The molecule has 0 atom stereocenters. The van der Waals surface area contributed by atoms with Gasteiger partial charge in [-0.25, -0.2) is 23.2 Å². The van der Waals surface area contributed by atoms with Crippen LogP contribution in [0.15, 0.2) is 45.9 Å². The lowest BCUT2D eigenvalue weighted by Gasteiger charge is -2.23. The summed E-state index contributed by atoms with van der Waals surface area (Å²) < 4.78 is 35.3. The number of carbonyl (C=O) groups is 1. The number of rotatable bonds is 5. The number of hydrogen-bond donors (Lipinski definition) is 1. The van der Waals surface area contributed by atoms with E-state index in [2.05, 4.69) is 20.2 Å². The average Bonchev–Trinajstić information content (AvgIpc) is 3.34. The number of ether oxygens (including phenoxy) is 1. The zero-order valence-electron chi connectivity index (χ0n) is 18.9. The van der Waals surface area contributed by atoms with E-state index in [1.807, 2.05) is 6.08 Å². The number of hydrogen-bond acceptors (Lipinski definition) is 10. The molecule has 0 saturated carbocycles. The van der Waals surface area contributed by atoms with Crippen molar-refractivity contribution in [3.63, 3.8) is 0 Å². The average molecular weight is 485 g/mol. The van der Waals surface area contributed by atoms with E-state index in [1.165, 1.54) is 13.3 Å². The Morgan fingerprint density at radius 2 is 1.88 bits per heavy atom. The minimum atomic E-state index is -3.37. The maximum atomic E-state index is 12.4. The number of benzene rings is 1. The molecule has 1 amide bonds. The molecule has 11 nitrogen and oxygen atoms in total. The first-order valence-electron chi connectivity index (χ1n) is 10.5. The van der Waals surface area contributed by atoms with Gasteiger partial charge in [-0.05, 0) is 32.4 Å². The van der Waals surface area contributed by atoms with E-state index in [0.29, 0.717) is 36.7 Å². The second kappa shape index (κ2) is 9.21. The normalized spacial score (nSPS) is 14.2. The van der Waals surface area contributed by atoms with Gasteiger partial charge in [0, 0.05) is 24.2 Å². The Bertz CT molecular complexity index is 1350. The number of nitrogen functional groups attached to an aromatic ring is 1. The van der Waals surface area contributed by atoms with Crippen molar-refractivity contribution in [2.24, 2.45) is 0 Å². The third kappa shape index (κ3) is 4.49. The lowest BCUT2D eigenvalue weighted by molar-refractivity contribution is 0.128. The van der Waals surface area contributed by atoms with E-state index in [0.717, 1.165) is 5.57 Å². The van der Waals surface area contributed by atoms with Crippen LogP contribution in [0.5, 0.6) is 0 Å². The molecule has 1 aliphatic heterocycles. The summed E-state index contributed by atoms with van der Waals surface area (Å²) in [5.41, 5.74) is 8.19. The van der Waals surface area contributed by atoms with Crippen molar-refractivity contribution in [3.8, 4) is 22.8 Å². The Kier molecular flexibility index (Phi) is 6.33. The van der Waals surface area contributed by atoms with Crippen molar-refractivity contribution in [2.45, 2.75) is 30.4 Å². The number of nitrogens with zero attached hydrogens (tertiary/aromatic N) is 5. The Morgan fingerprint density at radius 3 is 2.50 bits per heavy atom. The number of amides is 1. The Morgan fingerprint density at radius 1 is 1.18 bits per heavy atom. The standard InChI is InChI=1S/C22H24N6O5S/c1-13(2)34(30,31)16-6-4-14(5-7-16)17-12-24-19(23)18(25-17)21-27-26-20(33-21)15-8-10-28(11-9-15)22(29)32-3/h4-8,12-13H,9-11H2,1-3H3,(H2,23,24). The zero-order chi connectivity index (χ0) is 24.5. The first-order valence-corrected chi connectivity index (χ1v) is 12.1. The van der Waals surface area contributed by atoms with E-state index in [1.54, 1.807) is 43.0 Å². The van der Waals surface area contributed by atoms with E-state index in [9.17, 15) is 13.2 Å². The quantitative estimate of drug-likeness (QED) is 0.571. The highest BCUT2D eigenvalue weighted by atomic mass is 32.2. The van der Waals surface area contributed by atoms with E-state index in [4.69, 9.17) is 14.9 Å². The van der Waals surface area contributed by atoms with Crippen LogP contribution in [0.3, 0.4) is 0 Å². The van der Waals surface area contributed by atoms with Crippen LogP contribution in [0, 0.1) is 0 Å². The van der Waals surface area contributed by atoms with Crippen LogP contribution >= 0.6 is 0 Å². The first-order chi connectivity index (χ1) is 16.2. The molecule has 4 rings (SSSR count). The molecule has 0 unspecified atom stereocenters. The number of carbonyl (C=O) groups excluding carboxylic acids is 1. The molecular weight excluding hydrogens is 460 g/mol. The monoisotopic (exact) mass is 484 g/mol. The lowest BCUT2D eigenvalue weighted by Crippen LogP contribution is -2.34. The Hall–Kier alpha value is -3.80. The molecule has 2 N–H and O–H groups in total. The third-order valence-electron chi connectivity index (χ3n) is 5.44. The van der Waals surface area contributed by atoms with Crippen molar-refractivity contribution in [3.05, 3.63) is 42.4 Å². The van der Waals surface area contributed by atoms with Gasteiger partial charge in [-0.15, -0.1) is 10.2 Å². The van der Waals surface area contributed by atoms with Gasteiger partial charge < -0.3 is 19.8 Å². The minimum Gasteiger partial charge on any atom is -0.453 e. The summed E-state index contributed by atoms with van der Waals surface area (Å²) in [5, 5.41) is 7.65. The van der Waals surface area contributed by atoms with Gasteiger partial charge in [0.25, 0.3) is 5.89 Å². The molecule has 1 aromatic carbocycles. The number of methoxy groups -OCH3 is 1. The van der Waals surface area contributed by atoms with Crippen molar-refractivity contribution < 1.29 is 22.4 Å². The van der Waals surface area contributed by atoms with Crippen LogP contribution < -0.4 is 5.73 Å². The maximum Gasteiger partial charge on any atom is 0.409 e. The molecule has 12 heteroatoms. The molecule has 0 saturated heterocycles. The number of anilines is 1. The first kappa shape index (κ1) is 23.4. The molecule has 0 bridgehead atoms. The van der Waals surface area contributed by atoms with Gasteiger partial charge in [0.1, 0.15) is 0 Å². The molecular formula is C22H24N6O5S. The largest absolute Gasteiger partial charge is 0.453 e. The fourth-order valence-corrected chi connectivity index (χ4v) is 4.45. The van der Waals surface area contributed by atoms with E-state index < -0.39 is 21.2 Å². The second-order valence-corrected chi connectivity index (χ2v) is 10.4. The third-order valence-corrected chi connectivity index (χ3v) is 7.61. The fraction of sp³-hybridized carbons (Fsp3) is 0.318. The zero-order valence-corrected chi connectivity index (χ0v) is 19.7. The van der Waals surface area contributed by atoms with Crippen LogP contribution in [0.25, 0.3) is 28.4 Å². The van der Waals surface area contributed by atoms with Crippen LogP contribution in [0.2, 0.25) is 0 Å². The molecule has 0 spiro atoms. The Balaban J connectivity index is 1.59. The second-order valence-electron chi connectivity index (χ2n) is 7.92. The summed E-state index contributed by atoms with van der Waals surface area (Å²) in [7, 11) is -2.03. The summed E-state index contributed by atoms with van der Waals surface area (Å²) in [6.45, 7) is 4.12. The van der Waals surface area contributed by atoms with Gasteiger partial charge in [0.2, 0.25) is 5.89 Å². The van der Waals surface area contributed by atoms with Crippen LogP contribution in [-0.4, -0.2) is 65.0 Å². The smallest absolute Gasteiger partial charge is 0.409 e. The predicted molar refractivity (Wildman–Crippen MR) is 124 cm³/mol. The van der Waals surface area contributed by atoms with Crippen molar-refractivity contribution >= 4 is 27.3 Å². The van der Waals surface area contributed by atoms with Gasteiger partial charge in [-0.3, -0.25) is 0 Å². The minimum absolute atomic E-state index is 0.108. The van der Waals surface area contributed by atoms with E-state index in [-0.39, 0.29) is 22.3 Å². The predicted octanol–water partition coefficient (Wildman–Crippen LogP) is 2.81. The van der Waals surface area contributed by atoms with Crippen molar-refractivity contribution in [1.29, 1.82) is 0 Å². The van der Waals surface area contributed by atoms with Gasteiger partial charge in [0.05, 0.1) is 29.1 Å². The lowest BCUT2D eigenvalue weighted by atomic mass is 10.1. The molecule has 3 heterocycles. The summed E-state index contributed by atoms with van der Waals surface area (Å²) >= 11 is 0. The maximum absolute atomic E-state index is 12.4. The van der Waals surface area contributed by atoms with E-state index >= 15 is 0 Å². The van der Waals surface area contributed by atoms with Crippen LogP contribution in [0.1, 0.15) is 26.2 Å². The summed E-state index contributed by atoms with van der Waals surface area (Å²) in [5.74, 6) is 0.541. The molecule has 0 radical (unpaired) electrons. The summed E-state index contributed by atoms with van der Waals surface area (Å²) in [4.78, 5) is 22.2. The van der Waals surface area contributed by atoms with Gasteiger partial charge in [-0.2, -0.15) is 0 Å². The highest BCUT2D eigenvalue weighted by Gasteiger charge is 2.23. The van der Waals surface area contributed by atoms with Gasteiger partial charge >= 0.3 is 6.09 Å². The van der Waals surface area contributed by atoms with Gasteiger partial charge in [-0.1, -0.05) is 18.2 Å². The number of nitrogens with two attached hydrogens (primary N) is 1. The van der Waals surface area contributed by atoms with Crippen molar-refractivity contribution in [1.82, 2.24) is 25.1 Å². The number of sulfone groups is 1. The molecule has 1 aliphatic rings. The molecule has 34 heavy (non-hydrogen) atoms. The number of aromatic nitrogens is 4. The highest BCUT2D eigenvalue weighted by Crippen LogP contribution is 2.29. The summed E-state index contributed by atoms with van der Waals surface area (Å²) in [6.07, 6.45) is 3.46. The highest BCUT2D eigenvalue weighted by molar-refractivity contribution is 7.92.